The van der Waals surface area contributed by atoms with Gasteiger partial charge in [-0.15, -0.1) is 0 Å². The largest absolute Gasteiger partial charge is 0.349 e. The van der Waals surface area contributed by atoms with Crippen LogP contribution in [0, 0.1) is 0 Å². The Hall–Kier alpha value is -0.730. The zero-order chi connectivity index (χ0) is 15.2. The van der Waals surface area contributed by atoms with Crippen molar-refractivity contribution >= 4 is 5.96 Å². The Bertz CT molecular complexity index is 236. The summed E-state index contributed by atoms with van der Waals surface area (Å²) in [5.74, 6) is 1.07. The molecule has 0 aliphatic rings. The van der Waals surface area contributed by atoms with E-state index in [0.29, 0.717) is 0 Å². The maximum absolute atomic E-state index is 4.32. The van der Waals surface area contributed by atoms with Crippen molar-refractivity contribution in [2.45, 2.75) is 71.1 Å². The molecule has 0 rings (SSSR count). The smallest absolute Gasteiger partial charge is 0.195 e. The molecule has 20 heavy (non-hydrogen) atoms. The molecule has 0 aromatic heterocycles. The monoisotopic (exact) mass is 283 g/mol. The standard InChI is InChI=1S/C17H37N3/c1-6-7-8-9-10-11-12-13-14-15-16-20(5)17(18-2)19(3)4/h6-16H2,1-5H3. The Morgan fingerprint density at radius 1 is 0.750 bits per heavy atom. The molecule has 3 nitrogen and oxygen atoms in total. The van der Waals surface area contributed by atoms with Crippen molar-refractivity contribution in [1.82, 2.24) is 9.80 Å². The summed E-state index contributed by atoms with van der Waals surface area (Å²) >= 11 is 0. The van der Waals surface area contributed by atoms with Crippen molar-refractivity contribution in [3.8, 4) is 0 Å². The second-order valence-corrected chi connectivity index (χ2v) is 6.02. The number of hydrogen-bond acceptors (Lipinski definition) is 1. The average molecular weight is 284 g/mol. The van der Waals surface area contributed by atoms with Crippen LogP contribution in [-0.4, -0.2) is 50.5 Å². The van der Waals surface area contributed by atoms with Crippen molar-refractivity contribution in [2.24, 2.45) is 4.99 Å². The molecule has 0 aromatic carbocycles. The summed E-state index contributed by atoms with van der Waals surface area (Å²) in [6.45, 7) is 3.39. The van der Waals surface area contributed by atoms with Crippen LogP contribution in [0.5, 0.6) is 0 Å². The lowest BCUT2D eigenvalue weighted by atomic mass is 10.1. The molecular formula is C17H37N3. The van der Waals surface area contributed by atoms with Gasteiger partial charge in [0, 0.05) is 34.7 Å². The van der Waals surface area contributed by atoms with E-state index in [4.69, 9.17) is 0 Å². The van der Waals surface area contributed by atoms with E-state index in [9.17, 15) is 0 Å². The van der Waals surface area contributed by atoms with E-state index in [1.165, 1.54) is 64.2 Å². The zero-order valence-electron chi connectivity index (χ0n) is 14.6. The highest BCUT2D eigenvalue weighted by molar-refractivity contribution is 5.79. The third-order valence-corrected chi connectivity index (χ3v) is 3.79. The van der Waals surface area contributed by atoms with E-state index in [0.717, 1.165) is 12.5 Å². The molecule has 0 heterocycles. The molecule has 0 radical (unpaired) electrons. The second-order valence-electron chi connectivity index (χ2n) is 6.02. The SMILES string of the molecule is CCCCCCCCCCCCN(C)C(=NC)N(C)C. The van der Waals surface area contributed by atoms with Crippen LogP contribution in [0.4, 0.5) is 0 Å². The molecule has 0 aliphatic carbocycles. The summed E-state index contributed by atoms with van der Waals surface area (Å²) < 4.78 is 0. The highest BCUT2D eigenvalue weighted by Gasteiger charge is 2.06. The highest BCUT2D eigenvalue weighted by atomic mass is 15.3. The zero-order valence-corrected chi connectivity index (χ0v) is 14.6. The topological polar surface area (TPSA) is 18.8 Å². The number of guanidine groups is 1. The molecule has 0 amide bonds. The number of nitrogens with zero attached hydrogens (tertiary/aromatic N) is 3. The molecule has 0 spiro atoms. The summed E-state index contributed by atoms with van der Waals surface area (Å²) in [5, 5.41) is 0. The highest BCUT2D eigenvalue weighted by Crippen LogP contribution is 2.10. The maximum atomic E-state index is 4.32. The van der Waals surface area contributed by atoms with E-state index in [2.05, 4.69) is 42.9 Å². The maximum Gasteiger partial charge on any atom is 0.195 e. The lowest BCUT2D eigenvalue weighted by molar-refractivity contribution is 0.406. The minimum atomic E-state index is 1.07. The lowest BCUT2D eigenvalue weighted by Gasteiger charge is -2.26. The van der Waals surface area contributed by atoms with Gasteiger partial charge in [0.15, 0.2) is 5.96 Å². The van der Waals surface area contributed by atoms with Crippen molar-refractivity contribution < 1.29 is 0 Å². The van der Waals surface area contributed by atoms with Gasteiger partial charge in [-0.2, -0.15) is 0 Å². The van der Waals surface area contributed by atoms with Crippen molar-refractivity contribution in [1.29, 1.82) is 0 Å². The molecule has 0 fully saturated rings. The molecule has 0 N–H and O–H groups in total. The number of unbranched alkanes of at least 4 members (excludes halogenated alkanes) is 9. The van der Waals surface area contributed by atoms with Crippen LogP contribution in [0.3, 0.4) is 0 Å². The molecule has 0 saturated carbocycles. The quantitative estimate of drug-likeness (QED) is 0.318. The molecule has 120 valence electrons. The van der Waals surface area contributed by atoms with Gasteiger partial charge in [-0.25, -0.2) is 0 Å². The van der Waals surface area contributed by atoms with E-state index in [1.54, 1.807) is 0 Å². The Balaban J connectivity index is 3.40. The molecule has 0 aliphatic heterocycles. The van der Waals surface area contributed by atoms with Gasteiger partial charge in [0.2, 0.25) is 0 Å². The van der Waals surface area contributed by atoms with E-state index in [-0.39, 0.29) is 0 Å². The fourth-order valence-corrected chi connectivity index (χ4v) is 2.65. The molecule has 0 aromatic rings. The van der Waals surface area contributed by atoms with Crippen LogP contribution in [-0.2, 0) is 0 Å². The van der Waals surface area contributed by atoms with Crippen molar-refractivity contribution in [3.05, 3.63) is 0 Å². The first-order valence-electron chi connectivity index (χ1n) is 8.48. The molecule has 0 saturated heterocycles. The van der Waals surface area contributed by atoms with Crippen LogP contribution in [0.25, 0.3) is 0 Å². The summed E-state index contributed by atoms with van der Waals surface area (Å²) in [7, 11) is 8.11. The first-order valence-corrected chi connectivity index (χ1v) is 8.48. The van der Waals surface area contributed by atoms with Gasteiger partial charge in [-0.1, -0.05) is 64.7 Å². The molecule has 0 atom stereocenters. The fourth-order valence-electron chi connectivity index (χ4n) is 2.65. The normalized spacial score (nSPS) is 11.8. The average Bonchev–Trinajstić information content (AvgIpc) is 2.41. The third-order valence-electron chi connectivity index (χ3n) is 3.79. The van der Waals surface area contributed by atoms with Crippen molar-refractivity contribution in [2.75, 3.05) is 34.7 Å². The number of rotatable bonds is 11. The third kappa shape index (κ3) is 10.1. The molecule has 0 bridgehead atoms. The van der Waals surface area contributed by atoms with E-state index in [1.807, 2.05) is 7.05 Å². The predicted molar refractivity (Wildman–Crippen MR) is 91.5 cm³/mol. The Labute approximate surface area is 127 Å². The van der Waals surface area contributed by atoms with Gasteiger partial charge in [-0.3, -0.25) is 4.99 Å². The van der Waals surface area contributed by atoms with Gasteiger partial charge >= 0.3 is 0 Å². The number of hydrogen-bond donors (Lipinski definition) is 0. The lowest BCUT2D eigenvalue weighted by Crippen LogP contribution is -2.38. The minimum absolute atomic E-state index is 1.07. The Morgan fingerprint density at radius 3 is 1.60 bits per heavy atom. The summed E-state index contributed by atoms with van der Waals surface area (Å²) in [6.07, 6.45) is 13.9. The minimum Gasteiger partial charge on any atom is -0.349 e. The Morgan fingerprint density at radius 2 is 1.20 bits per heavy atom. The second kappa shape index (κ2) is 13.3. The molecular weight excluding hydrogens is 246 g/mol. The number of aliphatic imine (C=N–C) groups is 1. The van der Waals surface area contributed by atoms with Gasteiger partial charge in [0.1, 0.15) is 0 Å². The van der Waals surface area contributed by atoms with Gasteiger partial charge in [0.25, 0.3) is 0 Å². The fraction of sp³-hybridized carbons (Fsp3) is 0.941. The molecule has 0 unspecified atom stereocenters. The van der Waals surface area contributed by atoms with Gasteiger partial charge in [-0.05, 0) is 6.42 Å². The van der Waals surface area contributed by atoms with Gasteiger partial charge < -0.3 is 9.80 Å². The van der Waals surface area contributed by atoms with Crippen molar-refractivity contribution in [3.63, 3.8) is 0 Å². The van der Waals surface area contributed by atoms with Crippen LogP contribution >= 0.6 is 0 Å². The Kier molecular flexibility index (Phi) is 12.8. The summed E-state index contributed by atoms with van der Waals surface area (Å²) in [5.41, 5.74) is 0. The van der Waals surface area contributed by atoms with Crippen LogP contribution in [0.1, 0.15) is 71.1 Å². The predicted octanol–water partition coefficient (Wildman–Crippen LogP) is 4.39. The summed E-state index contributed by atoms with van der Waals surface area (Å²) in [6, 6.07) is 0. The first-order chi connectivity index (χ1) is 9.63. The first kappa shape index (κ1) is 19.3. The van der Waals surface area contributed by atoms with Gasteiger partial charge in [0.05, 0.1) is 0 Å². The summed E-state index contributed by atoms with van der Waals surface area (Å²) in [4.78, 5) is 8.65. The van der Waals surface area contributed by atoms with E-state index < -0.39 is 0 Å². The van der Waals surface area contributed by atoms with Crippen LogP contribution in [0.15, 0.2) is 4.99 Å². The van der Waals surface area contributed by atoms with E-state index >= 15 is 0 Å². The molecule has 3 heteroatoms. The van der Waals surface area contributed by atoms with Crippen LogP contribution in [0.2, 0.25) is 0 Å². The van der Waals surface area contributed by atoms with Crippen LogP contribution < -0.4 is 0 Å².